The number of nitrogens with zero attached hydrogens (tertiary/aromatic N) is 1. The van der Waals surface area contributed by atoms with Gasteiger partial charge in [-0.1, -0.05) is 0 Å². The van der Waals surface area contributed by atoms with Crippen LogP contribution in [-0.4, -0.2) is 43.3 Å². The Bertz CT molecular complexity index is 257. The van der Waals surface area contributed by atoms with Crippen molar-refractivity contribution < 1.29 is 9.53 Å². The summed E-state index contributed by atoms with van der Waals surface area (Å²) in [4.78, 5) is 13.8. The lowest BCUT2D eigenvalue weighted by molar-refractivity contribution is -0.147. The van der Waals surface area contributed by atoms with Crippen LogP contribution in [0.1, 0.15) is 26.2 Å². The Morgan fingerprint density at radius 3 is 2.87 bits per heavy atom. The highest BCUT2D eigenvalue weighted by atomic mass is 16.5. The lowest BCUT2D eigenvalue weighted by atomic mass is 9.83. The smallest absolute Gasteiger partial charge is 0.308 e. The van der Waals surface area contributed by atoms with Crippen molar-refractivity contribution >= 4 is 5.97 Å². The second kappa shape index (κ2) is 4.10. The highest BCUT2D eigenvalue weighted by molar-refractivity contribution is 5.72. The number of nitrogens with one attached hydrogen (secondary N) is 1. The maximum atomic E-state index is 11.5. The molecule has 0 spiro atoms. The summed E-state index contributed by atoms with van der Waals surface area (Å²) in [5, 5.41) is 3.56. The lowest BCUT2D eigenvalue weighted by Gasteiger charge is -2.32. The van der Waals surface area contributed by atoms with Crippen molar-refractivity contribution in [2.45, 2.75) is 44.4 Å². The molecule has 1 aliphatic carbocycles. The van der Waals surface area contributed by atoms with E-state index < -0.39 is 0 Å². The molecule has 1 heterocycles. The molecule has 0 aromatic heterocycles. The summed E-state index contributed by atoms with van der Waals surface area (Å²) >= 11 is 0. The molecule has 2 fully saturated rings. The predicted octanol–water partition coefficient (Wildman–Crippen LogP) is 0.578. The standard InChI is InChI=1S/C11H20N2O2/c1-7-12-9-5-4-8(11(14)15-3)6-10(9)13(7)2/h7-10,12H,4-6H2,1-3H3. The Morgan fingerprint density at radius 1 is 1.47 bits per heavy atom. The second-order valence-electron chi connectivity index (χ2n) is 4.72. The van der Waals surface area contributed by atoms with E-state index in [1.807, 2.05) is 0 Å². The van der Waals surface area contributed by atoms with Crippen molar-refractivity contribution in [3.63, 3.8) is 0 Å². The first-order valence-electron chi connectivity index (χ1n) is 5.69. The van der Waals surface area contributed by atoms with Gasteiger partial charge in [0.15, 0.2) is 0 Å². The molecule has 0 aromatic rings. The van der Waals surface area contributed by atoms with Crippen molar-refractivity contribution in [3.8, 4) is 0 Å². The Hall–Kier alpha value is -0.610. The number of hydrogen-bond donors (Lipinski definition) is 1. The Labute approximate surface area is 91.0 Å². The van der Waals surface area contributed by atoms with Gasteiger partial charge in [-0.05, 0) is 33.2 Å². The molecule has 86 valence electrons. The van der Waals surface area contributed by atoms with Crippen LogP contribution in [0.4, 0.5) is 0 Å². The minimum atomic E-state index is -0.0404. The Kier molecular flexibility index (Phi) is 2.98. The van der Waals surface area contributed by atoms with Gasteiger partial charge in [-0.2, -0.15) is 0 Å². The molecular weight excluding hydrogens is 192 g/mol. The maximum Gasteiger partial charge on any atom is 0.308 e. The average molecular weight is 212 g/mol. The number of carbonyl (C=O) groups is 1. The highest BCUT2D eigenvalue weighted by Gasteiger charge is 2.42. The van der Waals surface area contributed by atoms with E-state index in [1.165, 1.54) is 7.11 Å². The third-order valence-electron chi connectivity index (χ3n) is 3.94. The van der Waals surface area contributed by atoms with Gasteiger partial charge >= 0.3 is 5.97 Å². The van der Waals surface area contributed by atoms with Gasteiger partial charge in [0.1, 0.15) is 0 Å². The zero-order valence-corrected chi connectivity index (χ0v) is 9.69. The van der Waals surface area contributed by atoms with Crippen LogP contribution in [0.2, 0.25) is 0 Å². The topological polar surface area (TPSA) is 41.6 Å². The van der Waals surface area contributed by atoms with E-state index in [-0.39, 0.29) is 11.9 Å². The summed E-state index contributed by atoms with van der Waals surface area (Å²) in [7, 11) is 3.61. The zero-order chi connectivity index (χ0) is 11.0. The first kappa shape index (κ1) is 10.9. The Morgan fingerprint density at radius 2 is 2.20 bits per heavy atom. The monoisotopic (exact) mass is 212 g/mol. The van der Waals surface area contributed by atoms with E-state index in [9.17, 15) is 4.79 Å². The van der Waals surface area contributed by atoms with Gasteiger partial charge in [-0.25, -0.2) is 0 Å². The normalized spacial score (nSPS) is 41.3. The fraction of sp³-hybridized carbons (Fsp3) is 0.909. The van der Waals surface area contributed by atoms with Gasteiger partial charge in [0.2, 0.25) is 0 Å². The van der Waals surface area contributed by atoms with Crippen molar-refractivity contribution in [2.24, 2.45) is 5.92 Å². The molecule has 4 unspecified atom stereocenters. The van der Waals surface area contributed by atoms with Crippen LogP contribution in [0.25, 0.3) is 0 Å². The van der Waals surface area contributed by atoms with Crippen LogP contribution >= 0.6 is 0 Å². The molecule has 1 saturated carbocycles. The van der Waals surface area contributed by atoms with Crippen LogP contribution in [0.15, 0.2) is 0 Å². The summed E-state index contributed by atoms with van der Waals surface area (Å²) in [5.74, 6) is 0.0622. The number of likely N-dealkylation sites (N-methyl/N-ethyl adjacent to an activating group) is 1. The van der Waals surface area contributed by atoms with Crippen LogP contribution < -0.4 is 5.32 Å². The lowest BCUT2D eigenvalue weighted by Crippen LogP contribution is -2.42. The molecule has 1 N–H and O–H groups in total. The number of esters is 1. The van der Waals surface area contributed by atoms with E-state index in [0.717, 1.165) is 19.3 Å². The van der Waals surface area contributed by atoms with Gasteiger partial charge in [-0.15, -0.1) is 0 Å². The fourth-order valence-corrected chi connectivity index (χ4v) is 2.89. The molecule has 4 atom stereocenters. The molecule has 0 amide bonds. The zero-order valence-electron chi connectivity index (χ0n) is 9.69. The minimum Gasteiger partial charge on any atom is -0.469 e. The van der Waals surface area contributed by atoms with Crippen molar-refractivity contribution in [1.82, 2.24) is 10.2 Å². The molecule has 1 aliphatic heterocycles. The van der Waals surface area contributed by atoms with Gasteiger partial charge in [0, 0.05) is 12.1 Å². The molecular formula is C11H20N2O2. The van der Waals surface area contributed by atoms with Gasteiger partial charge < -0.3 is 4.74 Å². The fourth-order valence-electron chi connectivity index (χ4n) is 2.89. The van der Waals surface area contributed by atoms with Crippen molar-refractivity contribution in [2.75, 3.05) is 14.2 Å². The molecule has 4 heteroatoms. The molecule has 0 bridgehead atoms. The number of rotatable bonds is 1. The number of ether oxygens (including phenoxy) is 1. The van der Waals surface area contributed by atoms with Gasteiger partial charge in [0.25, 0.3) is 0 Å². The van der Waals surface area contributed by atoms with E-state index in [2.05, 4.69) is 24.2 Å². The van der Waals surface area contributed by atoms with E-state index in [1.54, 1.807) is 0 Å². The molecule has 2 aliphatic rings. The molecule has 0 aromatic carbocycles. The summed E-state index contributed by atoms with van der Waals surface area (Å²) in [6.07, 6.45) is 3.41. The maximum absolute atomic E-state index is 11.5. The largest absolute Gasteiger partial charge is 0.469 e. The second-order valence-corrected chi connectivity index (χ2v) is 4.72. The van der Waals surface area contributed by atoms with Crippen LogP contribution in [0, 0.1) is 5.92 Å². The Balaban J connectivity index is 2.01. The average Bonchev–Trinajstić information content (AvgIpc) is 2.54. The van der Waals surface area contributed by atoms with Crippen molar-refractivity contribution in [1.29, 1.82) is 0 Å². The molecule has 4 nitrogen and oxygen atoms in total. The van der Waals surface area contributed by atoms with Crippen LogP contribution in [-0.2, 0) is 9.53 Å². The van der Waals surface area contributed by atoms with Gasteiger partial charge in [0.05, 0.1) is 19.2 Å². The van der Waals surface area contributed by atoms with E-state index >= 15 is 0 Å². The minimum absolute atomic E-state index is 0.0404. The first-order valence-corrected chi connectivity index (χ1v) is 5.69. The molecule has 0 radical (unpaired) electrons. The molecule has 1 saturated heterocycles. The number of methoxy groups -OCH3 is 1. The van der Waals surface area contributed by atoms with E-state index in [4.69, 9.17) is 4.74 Å². The van der Waals surface area contributed by atoms with Crippen molar-refractivity contribution in [3.05, 3.63) is 0 Å². The molecule has 2 rings (SSSR count). The number of fused-ring (bicyclic) bond motifs is 1. The van der Waals surface area contributed by atoms with Crippen LogP contribution in [0.3, 0.4) is 0 Å². The summed E-state index contributed by atoms with van der Waals surface area (Å²) in [6.45, 7) is 2.17. The predicted molar refractivity (Wildman–Crippen MR) is 57.3 cm³/mol. The van der Waals surface area contributed by atoms with Gasteiger partial charge in [-0.3, -0.25) is 15.0 Å². The third kappa shape index (κ3) is 1.88. The third-order valence-corrected chi connectivity index (χ3v) is 3.94. The highest BCUT2D eigenvalue weighted by Crippen LogP contribution is 2.32. The summed E-state index contributed by atoms with van der Waals surface area (Å²) in [5.41, 5.74) is 0. The quantitative estimate of drug-likeness (QED) is 0.646. The number of hydrogen-bond acceptors (Lipinski definition) is 4. The number of carbonyl (C=O) groups excluding carboxylic acids is 1. The molecule has 15 heavy (non-hydrogen) atoms. The SMILES string of the molecule is COC(=O)C1CCC2NC(C)N(C)C2C1. The first-order chi connectivity index (χ1) is 7.13. The van der Waals surface area contributed by atoms with E-state index in [0.29, 0.717) is 18.2 Å². The summed E-state index contributed by atoms with van der Waals surface area (Å²) < 4.78 is 4.82. The summed E-state index contributed by atoms with van der Waals surface area (Å²) in [6, 6.07) is 1.06. The van der Waals surface area contributed by atoms with Crippen LogP contribution in [0.5, 0.6) is 0 Å².